The molecule has 1 N–H and O–H groups in total. The van der Waals surface area contributed by atoms with Crippen LogP contribution in [0.4, 0.5) is 0 Å². The highest BCUT2D eigenvalue weighted by molar-refractivity contribution is 9.10. The summed E-state index contributed by atoms with van der Waals surface area (Å²) in [4.78, 5) is 3.32. The lowest BCUT2D eigenvalue weighted by molar-refractivity contribution is 1.29. The molecule has 102 valence electrons. The summed E-state index contributed by atoms with van der Waals surface area (Å²) in [7, 11) is 0. The number of halogens is 1. The zero-order chi connectivity index (χ0) is 15.1. The molecule has 0 aliphatic carbocycles. The van der Waals surface area contributed by atoms with Gasteiger partial charge in [-0.1, -0.05) is 18.1 Å². The summed E-state index contributed by atoms with van der Waals surface area (Å²) in [6, 6.07) is 8.11. The number of aromatic nitrogens is 1. The van der Waals surface area contributed by atoms with Gasteiger partial charge in [-0.2, -0.15) is 17.9 Å². The normalized spacial score (nSPS) is 10.1. The molecule has 4 heteroatoms. The number of allylic oxidation sites excluding steroid dienone is 1. The Balaban J connectivity index is 0.000000956. The number of hydrogen-bond donors (Lipinski definition) is 2. The second-order valence-corrected chi connectivity index (χ2v) is 4.73. The van der Waals surface area contributed by atoms with Gasteiger partial charge in [-0.25, -0.2) is 0 Å². The number of thiol groups is 1. The van der Waals surface area contributed by atoms with E-state index in [-0.39, 0.29) is 0 Å². The number of benzene rings is 1. The zero-order valence-electron chi connectivity index (χ0n) is 11.6. The van der Waals surface area contributed by atoms with Crippen molar-refractivity contribution in [3.63, 3.8) is 0 Å². The highest BCUT2D eigenvalue weighted by atomic mass is 79.9. The number of aromatic amines is 1. The largest absolute Gasteiger partial charge is 0.357 e. The molecular weight excluding hydrogens is 332 g/mol. The summed E-state index contributed by atoms with van der Waals surface area (Å²) in [6.45, 7) is 3.72. The quantitative estimate of drug-likeness (QED) is 0.438. The SMILES string of the molecule is CC#C/C(C#N)=C\c1c(C)[nH]c2c(Br)cccc12.CS. The maximum absolute atomic E-state index is 9.03. The number of nitrogens with zero attached hydrogens (tertiary/aromatic N) is 1. The topological polar surface area (TPSA) is 39.6 Å². The van der Waals surface area contributed by atoms with Crippen LogP contribution in [0.5, 0.6) is 0 Å². The van der Waals surface area contributed by atoms with Crippen molar-refractivity contribution in [2.24, 2.45) is 0 Å². The molecule has 1 aromatic carbocycles. The lowest BCUT2D eigenvalue weighted by atomic mass is 10.1. The van der Waals surface area contributed by atoms with Crippen molar-refractivity contribution in [3.8, 4) is 17.9 Å². The number of nitriles is 1. The van der Waals surface area contributed by atoms with Crippen LogP contribution >= 0.6 is 28.6 Å². The molecule has 0 atom stereocenters. The number of rotatable bonds is 1. The maximum Gasteiger partial charge on any atom is 0.108 e. The molecule has 0 aliphatic rings. The number of H-pyrrole nitrogens is 1. The highest BCUT2D eigenvalue weighted by Crippen LogP contribution is 2.29. The van der Waals surface area contributed by atoms with Crippen LogP contribution in [0.25, 0.3) is 17.0 Å². The smallest absolute Gasteiger partial charge is 0.108 e. The fourth-order valence-corrected chi connectivity index (χ4v) is 2.36. The Morgan fingerprint density at radius 2 is 2.10 bits per heavy atom. The van der Waals surface area contributed by atoms with E-state index in [0.29, 0.717) is 5.57 Å². The monoisotopic (exact) mass is 346 g/mol. The molecule has 0 saturated heterocycles. The minimum Gasteiger partial charge on any atom is -0.357 e. The van der Waals surface area contributed by atoms with Crippen LogP contribution in [0, 0.1) is 30.1 Å². The van der Waals surface area contributed by atoms with E-state index in [1.165, 1.54) is 0 Å². The lowest BCUT2D eigenvalue weighted by Crippen LogP contribution is -1.78. The Bertz CT molecular complexity index is 739. The van der Waals surface area contributed by atoms with Crippen LogP contribution in [0.1, 0.15) is 18.2 Å². The number of aryl methyl sites for hydroxylation is 1. The second kappa shape index (κ2) is 7.85. The molecule has 0 aliphatic heterocycles. The Labute approximate surface area is 133 Å². The van der Waals surface area contributed by atoms with Gasteiger partial charge in [0, 0.05) is 21.1 Å². The van der Waals surface area contributed by atoms with Crippen molar-refractivity contribution in [3.05, 3.63) is 39.5 Å². The molecule has 0 unspecified atom stereocenters. The van der Waals surface area contributed by atoms with Gasteiger partial charge in [-0.3, -0.25) is 0 Å². The number of nitrogens with one attached hydrogen (secondary N) is 1. The fourth-order valence-electron chi connectivity index (χ4n) is 1.89. The van der Waals surface area contributed by atoms with Crippen molar-refractivity contribution >= 4 is 45.5 Å². The predicted octanol–water partition coefficient (Wildman–Crippen LogP) is 4.72. The van der Waals surface area contributed by atoms with Gasteiger partial charge < -0.3 is 4.98 Å². The first kappa shape index (κ1) is 16.4. The third-order valence-electron chi connectivity index (χ3n) is 2.69. The zero-order valence-corrected chi connectivity index (χ0v) is 14.1. The molecule has 0 amide bonds. The van der Waals surface area contributed by atoms with Gasteiger partial charge in [0.2, 0.25) is 0 Å². The highest BCUT2D eigenvalue weighted by Gasteiger charge is 2.08. The van der Waals surface area contributed by atoms with Crippen LogP contribution in [0.3, 0.4) is 0 Å². The molecule has 0 spiro atoms. The minimum atomic E-state index is 0.474. The van der Waals surface area contributed by atoms with Crippen molar-refractivity contribution in [2.45, 2.75) is 13.8 Å². The second-order valence-electron chi connectivity index (χ2n) is 3.87. The third-order valence-corrected chi connectivity index (χ3v) is 3.35. The summed E-state index contributed by atoms with van der Waals surface area (Å²) < 4.78 is 1.02. The lowest BCUT2D eigenvalue weighted by Gasteiger charge is -1.95. The molecule has 2 aromatic rings. The number of fused-ring (bicyclic) bond motifs is 1. The minimum absolute atomic E-state index is 0.474. The molecule has 0 bridgehead atoms. The van der Waals surface area contributed by atoms with Crippen molar-refractivity contribution in [1.82, 2.24) is 4.98 Å². The van der Waals surface area contributed by atoms with Crippen molar-refractivity contribution < 1.29 is 0 Å². The van der Waals surface area contributed by atoms with E-state index in [4.69, 9.17) is 5.26 Å². The Morgan fingerprint density at radius 3 is 2.70 bits per heavy atom. The Hall–Kier alpha value is -1.62. The summed E-state index contributed by atoms with van der Waals surface area (Å²) in [6.07, 6.45) is 3.52. The first-order valence-electron chi connectivity index (χ1n) is 5.93. The average molecular weight is 347 g/mol. The molecule has 2 rings (SSSR count). The van der Waals surface area contributed by atoms with Crippen LogP contribution < -0.4 is 0 Å². The summed E-state index contributed by atoms with van der Waals surface area (Å²) >= 11 is 7.04. The van der Waals surface area contributed by atoms with E-state index in [0.717, 1.165) is 26.6 Å². The Morgan fingerprint density at radius 1 is 1.40 bits per heavy atom. The van der Waals surface area contributed by atoms with E-state index < -0.39 is 0 Å². The van der Waals surface area contributed by atoms with Crippen LogP contribution in [-0.4, -0.2) is 11.2 Å². The van der Waals surface area contributed by atoms with Gasteiger partial charge in [0.25, 0.3) is 0 Å². The van der Waals surface area contributed by atoms with E-state index >= 15 is 0 Å². The van der Waals surface area contributed by atoms with Crippen LogP contribution in [0.15, 0.2) is 28.2 Å². The van der Waals surface area contributed by atoms with Crippen molar-refractivity contribution in [2.75, 3.05) is 6.26 Å². The molecule has 0 fully saturated rings. The average Bonchev–Trinajstić information content (AvgIpc) is 2.79. The van der Waals surface area contributed by atoms with E-state index in [1.54, 1.807) is 13.2 Å². The van der Waals surface area contributed by atoms with Crippen molar-refractivity contribution in [1.29, 1.82) is 5.26 Å². The third kappa shape index (κ3) is 3.48. The first-order valence-corrected chi connectivity index (χ1v) is 7.62. The fraction of sp³-hybridized carbons (Fsp3) is 0.188. The van der Waals surface area contributed by atoms with Gasteiger partial charge in [0.05, 0.1) is 5.52 Å². The van der Waals surface area contributed by atoms with Gasteiger partial charge in [-0.05, 0) is 48.2 Å². The van der Waals surface area contributed by atoms with Gasteiger partial charge >= 0.3 is 0 Å². The summed E-state index contributed by atoms with van der Waals surface area (Å²) in [5, 5.41) is 10.1. The summed E-state index contributed by atoms with van der Waals surface area (Å²) in [5.74, 6) is 5.55. The summed E-state index contributed by atoms with van der Waals surface area (Å²) in [5.41, 5.74) is 3.57. The van der Waals surface area contributed by atoms with E-state index in [2.05, 4.69) is 51.5 Å². The standard InChI is InChI=1S/C15H11BrN2.CH4S/c1-3-5-11(9-17)8-13-10(2)18-15-12(13)6-4-7-14(15)16;1-2/h4,6-8,18H,1-2H3;2H,1H3/b11-8+;. The molecule has 0 radical (unpaired) electrons. The first-order chi connectivity index (χ1) is 9.67. The van der Waals surface area contributed by atoms with E-state index in [9.17, 15) is 0 Å². The molecule has 0 saturated carbocycles. The maximum atomic E-state index is 9.03. The molecular formula is C16H15BrN2S. The van der Waals surface area contributed by atoms with Gasteiger partial charge in [0.15, 0.2) is 0 Å². The van der Waals surface area contributed by atoms with Gasteiger partial charge in [0.1, 0.15) is 11.6 Å². The van der Waals surface area contributed by atoms with Gasteiger partial charge in [-0.15, -0.1) is 5.92 Å². The number of para-hydroxylation sites is 1. The van der Waals surface area contributed by atoms with E-state index in [1.807, 2.05) is 31.2 Å². The predicted molar refractivity (Wildman–Crippen MR) is 92.7 cm³/mol. The molecule has 1 aromatic heterocycles. The molecule has 1 heterocycles. The molecule has 20 heavy (non-hydrogen) atoms. The van der Waals surface area contributed by atoms with Crippen LogP contribution in [-0.2, 0) is 0 Å². The Kier molecular flexibility index (Phi) is 6.45. The number of hydrogen-bond acceptors (Lipinski definition) is 2. The van der Waals surface area contributed by atoms with Crippen LogP contribution in [0.2, 0.25) is 0 Å². The molecule has 2 nitrogen and oxygen atoms in total.